The van der Waals surface area contributed by atoms with Crippen molar-refractivity contribution in [3.63, 3.8) is 0 Å². The van der Waals surface area contributed by atoms with Crippen molar-refractivity contribution < 1.29 is 36.7 Å². The molecule has 39 heavy (non-hydrogen) atoms. The van der Waals surface area contributed by atoms with Crippen LogP contribution in [-0.2, 0) is 20.5 Å². The number of benzene rings is 1. The molecule has 1 aromatic carbocycles. The van der Waals surface area contributed by atoms with Gasteiger partial charge in [-0.1, -0.05) is 12.1 Å². The zero-order valence-electron chi connectivity index (χ0n) is 22.4. The molecule has 0 bridgehead atoms. The van der Waals surface area contributed by atoms with Gasteiger partial charge in [-0.2, -0.15) is 13.2 Å². The van der Waals surface area contributed by atoms with E-state index in [9.17, 15) is 27.6 Å². The van der Waals surface area contributed by atoms with E-state index in [-0.39, 0.29) is 41.0 Å². The Balaban J connectivity index is 1.40. The van der Waals surface area contributed by atoms with Crippen LogP contribution in [0.2, 0.25) is 0 Å². The van der Waals surface area contributed by atoms with Crippen molar-refractivity contribution in [2.45, 2.75) is 76.3 Å². The van der Waals surface area contributed by atoms with E-state index in [0.717, 1.165) is 18.6 Å². The third kappa shape index (κ3) is 6.63. The van der Waals surface area contributed by atoms with Crippen LogP contribution in [-0.4, -0.2) is 60.0 Å². The lowest BCUT2D eigenvalue weighted by Crippen LogP contribution is -2.55. The predicted octanol–water partition coefficient (Wildman–Crippen LogP) is 4.39. The lowest BCUT2D eigenvalue weighted by Gasteiger charge is -2.41. The number of hydrogen-bond acceptors (Lipinski definition) is 6. The van der Waals surface area contributed by atoms with Crippen LogP contribution in [0, 0.1) is 5.92 Å². The maximum atomic E-state index is 13.3. The second-order valence-corrected chi connectivity index (χ2v) is 11.2. The topological polar surface area (TPSA) is 101 Å². The highest BCUT2D eigenvalue weighted by Crippen LogP contribution is 2.34. The Labute approximate surface area is 225 Å². The van der Waals surface area contributed by atoms with Gasteiger partial charge in [0.25, 0.3) is 5.91 Å². The van der Waals surface area contributed by atoms with Gasteiger partial charge in [-0.15, -0.1) is 0 Å². The molecular weight excluding hydrogens is 515 g/mol. The number of hydrogen-bond donors (Lipinski definition) is 2. The van der Waals surface area contributed by atoms with Gasteiger partial charge in [-0.25, -0.2) is 0 Å². The number of carbonyl (C=O) groups is 3. The Bertz CT molecular complexity index is 1200. The largest absolute Gasteiger partial charge is 0.469 e. The highest BCUT2D eigenvalue weighted by atomic mass is 19.4. The molecule has 0 radical (unpaired) electrons. The van der Waals surface area contributed by atoms with Crippen LogP contribution in [0.15, 0.2) is 40.8 Å². The molecule has 1 aliphatic carbocycles. The van der Waals surface area contributed by atoms with Crippen molar-refractivity contribution in [1.29, 1.82) is 0 Å². The Kier molecular flexibility index (Phi) is 8.11. The second-order valence-electron chi connectivity index (χ2n) is 11.2. The van der Waals surface area contributed by atoms with Gasteiger partial charge in [0.2, 0.25) is 5.91 Å². The lowest BCUT2D eigenvalue weighted by atomic mass is 9.80. The molecule has 8 nitrogen and oxygen atoms in total. The van der Waals surface area contributed by atoms with Gasteiger partial charge in [0.05, 0.1) is 18.6 Å². The van der Waals surface area contributed by atoms with Gasteiger partial charge in [0.15, 0.2) is 5.76 Å². The maximum absolute atomic E-state index is 13.3. The number of esters is 1. The Morgan fingerprint density at radius 2 is 1.72 bits per heavy atom. The fourth-order valence-electron chi connectivity index (χ4n) is 5.51. The van der Waals surface area contributed by atoms with Crippen molar-refractivity contribution in [1.82, 2.24) is 15.5 Å². The minimum Gasteiger partial charge on any atom is -0.469 e. The van der Waals surface area contributed by atoms with Crippen molar-refractivity contribution >= 4 is 17.8 Å². The smallest absolute Gasteiger partial charge is 0.416 e. The number of carbonyl (C=O) groups excluding carboxylic acids is 3. The van der Waals surface area contributed by atoms with E-state index in [1.54, 1.807) is 4.90 Å². The molecule has 4 atom stereocenters. The molecule has 2 amide bonds. The summed E-state index contributed by atoms with van der Waals surface area (Å²) in [5.41, 5.74) is -0.515. The minimum absolute atomic E-state index is 0.0580. The number of amides is 2. The molecule has 2 aromatic rings. The summed E-state index contributed by atoms with van der Waals surface area (Å²) in [4.78, 5) is 40.5. The molecule has 1 unspecified atom stereocenters. The highest BCUT2D eigenvalue weighted by molar-refractivity contribution is 5.96. The van der Waals surface area contributed by atoms with E-state index in [4.69, 9.17) is 9.15 Å². The average molecular weight is 550 g/mol. The Morgan fingerprint density at radius 3 is 2.33 bits per heavy atom. The van der Waals surface area contributed by atoms with Gasteiger partial charge < -0.3 is 24.7 Å². The fraction of sp³-hybridized carbons (Fsp3) is 0.536. The summed E-state index contributed by atoms with van der Waals surface area (Å²) in [6.07, 6.45) is -2.09. The third-order valence-electron chi connectivity index (χ3n) is 7.23. The molecule has 0 spiro atoms. The van der Waals surface area contributed by atoms with E-state index in [1.165, 1.54) is 31.4 Å². The number of likely N-dealkylation sites (tertiary alicyclic amines) is 1. The number of rotatable bonds is 6. The standard InChI is InChI=1S/C28H34F3N3O5/c1-27(2,3)33-18-9-10-21(19(15-18)26(37)38-4)34-14-13-20(25(34)36)32-24(35)23-12-11-22(39-23)16-5-7-17(8-6-16)28(29,30)31/h5-8,11-12,18-21,33H,9-10,13-15H2,1-4H3,(H,32,35)/t18-,19-,20?,21+/m1/s1. The zero-order valence-corrected chi connectivity index (χ0v) is 22.4. The van der Waals surface area contributed by atoms with Gasteiger partial charge in [-0.3, -0.25) is 14.4 Å². The lowest BCUT2D eigenvalue weighted by molar-refractivity contribution is -0.151. The van der Waals surface area contributed by atoms with Gasteiger partial charge >= 0.3 is 12.1 Å². The summed E-state index contributed by atoms with van der Waals surface area (Å²) in [6.45, 7) is 6.59. The average Bonchev–Trinajstić information content (AvgIpc) is 3.50. The van der Waals surface area contributed by atoms with Crippen molar-refractivity contribution in [2.24, 2.45) is 5.92 Å². The summed E-state index contributed by atoms with van der Waals surface area (Å²) in [5, 5.41) is 6.24. The number of nitrogens with zero attached hydrogens (tertiary/aromatic N) is 1. The molecule has 4 rings (SSSR count). The number of ether oxygens (including phenoxy) is 1. The van der Waals surface area contributed by atoms with E-state index < -0.39 is 29.6 Å². The van der Waals surface area contributed by atoms with Gasteiger partial charge in [0.1, 0.15) is 11.8 Å². The van der Waals surface area contributed by atoms with Gasteiger partial charge in [-0.05, 0) is 70.7 Å². The third-order valence-corrected chi connectivity index (χ3v) is 7.23. The molecule has 2 N–H and O–H groups in total. The summed E-state index contributed by atoms with van der Waals surface area (Å²) in [5.74, 6) is -1.52. The van der Waals surface area contributed by atoms with E-state index >= 15 is 0 Å². The number of halogens is 3. The first kappa shape index (κ1) is 28.7. The highest BCUT2D eigenvalue weighted by Gasteiger charge is 2.45. The van der Waals surface area contributed by atoms with Crippen molar-refractivity contribution in [3.8, 4) is 11.3 Å². The molecule has 1 aliphatic heterocycles. The van der Waals surface area contributed by atoms with Crippen LogP contribution in [0.5, 0.6) is 0 Å². The molecule has 2 fully saturated rings. The van der Waals surface area contributed by atoms with E-state index in [2.05, 4.69) is 31.4 Å². The molecular formula is C28H34F3N3O5. The Hall–Kier alpha value is -3.34. The van der Waals surface area contributed by atoms with Crippen molar-refractivity contribution in [3.05, 3.63) is 47.7 Å². The summed E-state index contributed by atoms with van der Waals surface area (Å²) in [6, 6.07) is 6.35. The van der Waals surface area contributed by atoms with Gasteiger partial charge in [0, 0.05) is 29.7 Å². The summed E-state index contributed by atoms with van der Waals surface area (Å²) in [7, 11) is 1.34. The quantitative estimate of drug-likeness (QED) is 0.519. The summed E-state index contributed by atoms with van der Waals surface area (Å²) < 4.78 is 49.1. The maximum Gasteiger partial charge on any atom is 0.416 e. The monoisotopic (exact) mass is 549 g/mol. The van der Waals surface area contributed by atoms with Crippen molar-refractivity contribution in [2.75, 3.05) is 13.7 Å². The van der Waals surface area contributed by atoms with Crippen LogP contribution in [0.4, 0.5) is 13.2 Å². The fourth-order valence-corrected chi connectivity index (χ4v) is 5.51. The van der Waals surface area contributed by atoms with Crippen LogP contribution < -0.4 is 10.6 Å². The van der Waals surface area contributed by atoms with Crippen LogP contribution >= 0.6 is 0 Å². The second kappa shape index (κ2) is 11.0. The molecule has 2 heterocycles. The first-order valence-corrected chi connectivity index (χ1v) is 13.0. The molecule has 1 saturated heterocycles. The molecule has 11 heteroatoms. The number of methoxy groups -OCH3 is 1. The van der Waals surface area contributed by atoms with Crippen LogP contribution in [0.3, 0.4) is 0 Å². The number of alkyl halides is 3. The van der Waals surface area contributed by atoms with Crippen LogP contribution in [0.25, 0.3) is 11.3 Å². The Morgan fingerprint density at radius 1 is 1.03 bits per heavy atom. The number of furan rings is 1. The molecule has 2 aliphatic rings. The predicted molar refractivity (Wildman–Crippen MR) is 137 cm³/mol. The zero-order chi connectivity index (χ0) is 28.5. The molecule has 212 valence electrons. The first-order chi connectivity index (χ1) is 18.3. The molecule has 1 saturated carbocycles. The normalized spacial score (nSPS) is 24.1. The van der Waals surface area contributed by atoms with Crippen LogP contribution in [0.1, 0.15) is 62.6 Å². The number of nitrogens with one attached hydrogen (secondary N) is 2. The minimum atomic E-state index is -4.45. The SMILES string of the molecule is COC(=O)[C@@H]1C[C@H](NC(C)(C)C)CC[C@@H]1N1CCC(NC(=O)c2ccc(-c3ccc(C(F)(F)F)cc3)o2)C1=O. The van der Waals surface area contributed by atoms with E-state index in [1.807, 2.05) is 0 Å². The molecule has 1 aromatic heterocycles. The summed E-state index contributed by atoms with van der Waals surface area (Å²) >= 11 is 0. The van der Waals surface area contributed by atoms with E-state index in [0.29, 0.717) is 31.4 Å². The first-order valence-electron chi connectivity index (χ1n) is 13.0.